The summed E-state index contributed by atoms with van der Waals surface area (Å²) < 4.78 is 27.4. The monoisotopic (exact) mass is 359 g/mol. The van der Waals surface area contributed by atoms with Crippen molar-refractivity contribution in [2.24, 2.45) is 5.92 Å². The van der Waals surface area contributed by atoms with E-state index < -0.39 is 17.9 Å². The first-order valence-corrected chi connectivity index (χ1v) is 8.06. The Morgan fingerprint density at radius 2 is 2.04 bits per heavy atom. The number of pyridine rings is 1. The van der Waals surface area contributed by atoms with Crippen molar-refractivity contribution in [3.05, 3.63) is 33.7 Å². The van der Waals surface area contributed by atoms with E-state index in [2.05, 4.69) is 10.6 Å². The molecular formula is C16H20ClF2N3O2. The van der Waals surface area contributed by atoms with Gasteiger partial charge in [-0.25, -0.2) is 8.78 Å². The van der Waals surface area contributed by atoms with Crippen LogP contribution in [0, 0.1) is 5.92 Å². The zero-order chi connectivity index (χ0) is 16.2. The number of aromatic nitrogens is 1. The lowest BCUT2D eigenvalue weighted by Gasteiger charge is -2.38. The molecular weight excluding hydrogens is 340 g/mol. The van der Waals surface area contributed by atoms with Gasteiger partial charge in [0.1, 0.15) is 5.56 Å². The fourth-order valence-corrected chi connectivity index (χ4v) is 3.99. The highest BCUT2D eigenvalue weighted by Crippen LogP contribution is 2.37. The van der Waals surface area contributed by atoms with E-state index in [4.69, 9.17) is 0 Å². The van der Waals surface area contributed by atoms with Crippen LogP contribution < -0.4 is 16.2 Å². The van der Waals surface area contributed by atoms with Crippen LogP contribution in [0.5, 0.6) is 0 Å². The van der Waals surface area contributed by atoms with Crippen molar-refractivity contribution < 1.29 is 13.6 Å². The number of piperidine rings is 1. The van der Waals surface area contributed by atoms with Crippen LogP contribution in [-0.2, 0) is 6.54 Å². The molecule has 2 aliphatic heterocycles. The molecule has 1 saturated heterocycles. The summed E-state index contributed by atoms with van der Waals surface area (Å²) in [6.07, 6.45) is 0.372. The number of nitrogens with zero attached hydrogens (tertiary/aromatic N) is 1. The third-order valence-electron chi connectivity index (χ3n) is 5.18. The molecule has 2 atom stereocenters. The smallest absolute Gasteiger partial charge is 0.263 e. The van der Waals surface area contributed by atoms with Gasteiger partial charge in [0.25, 0.3) is 17.4 Å². The Bertz CT molecular complexity index is 714. The van der Waals surface area contributed by atoms with Crippen LogP contribution in [0.25, 0.3) is 0 Å². The molecule has 0 radical (unpaired) electrons. The highest BCUT2D eigenvalue weighted by molar-refractivity contribution is 5.94. The van der Waals surface area contributed by atoms with Crippen molar-refractivity contribution >= 4 is 18.3 Å². The second-order valence-electron chi connectivity index (χ2n) is 6.98. The Labute approximate surface area is 144 Å². The van der Waals surface area contributed by atoms with Gasteiger partial charge < -0.3 is 15.2 Å². The number of fused-ring (bicyclic) bond motifs is 4. The fraction of sp³-hybridized carbons (Fsp3) is 0.625. The SMILES string of the molecule is Cl.O=C(NC1CC(F)(F)C1)c1ccc2n(c1=O)C[C@@H]1CNC[C@H]2C1. The summed E-state index contributed by atoms with van der Waals surface area (Å²) in [7, 11) is 0. The van der Waals surface area contributed by atoms with Gasteiger partial charge in [0, 0.05) is 43.6 Å². The van der Waals surface area contributed by atoms with Crippen LogP contribution in [0.1, 0.15) is 41.2 Å². The lowest BCUT2D eigenvalue weighted by Crippen LogP contribution is -2.52. The molecule has 24 heavy (non-hydrogen) atoms. The minimum Gasteiger partial charge on any atom is -0.349 e. The molecule has 8 heteroatoms. The lowest BCUT2D eigenvalue weighted by atomic mass is 9.84. The van der Waals surface area contributed by atoms with Crippen LogP contribution in [0.3, 0.4) is 0 Å². The number of amides is 1. The summed E-state index contributed by atoms with van der Waals surface area (Å²) in [6, 6.07) is 2.83. The molecule has 2 N–H and O–H groups in total. The van der Waals surface area contributed by atoms with Crippen molar-refractivity contribution in [3.63, 3.8) is 0 Å². The first kappa shape index (κ1) is 17.4. The van der Waals surface area contributed by atoms with Gasteiger partial charge in [0.2, 0.25) is 0 Å². The predicted octanol–water partition coefficient (Wildman–Crippen LogP) is 1.50. The maximum Gasteiger partial charge on any atom is 0.263 e. The average Bonchev–Trinajstić information content (AvgIpc) is 2.47. The molecule has 1 aromatic rings. The van der Waals surface area contributed by atoms with Gasteiger partial charge in [0.15, 0.2) is 0 Å². The predicted molar refractivity (Wildman–Crippen MR) is 87.1 cm³/mol. The van der Waals surface area contributed by atoms with E-state index in [1.165, 1.54) is 6.07 Å². The van der Waals surface area contributed by atoms with E-state index in [-0.39, 0.29) is 36.4 Å². The average molecular weight is 360 g/mol. The molecule has 3 aliphatic rings. The van der Waals surface area contributed by atoms with Gasteiger partial charge in [-0.2, -0.15) is 0 Å². The molecule has 3 heterocycles. The largest absolute Gasteiger partial charge is 0.349 e. The second kappa shape index (κ2) is 6.11. The second-order valence-corrected chi connectivity index (χ2v) is 6.98. The summed E-state index contributed by atoms with van der Waals surface area (Å²) in [6.45, 7) is 2.34. The zero-order valence-electron chi connectivity index (χ0n) is 13.1. The molecule has 0 spiro atoms. The molecule has 0 unspecified atom stereocenters. The fourth-order valence-electron chi connectivity index (χ4n) is 3.99. The van der Waals surface area contributed by atoms with Crippen LogP contribution in [0.2, 0.25) is 0 Å². The Morgan fingerprint density at radius 3 is 2.75 bits per heavy atom. The maximum atomic E-state index is 12.9. The number of hydrogen-bond acceptors (Lipinski definition) is 3. The van der Waals surface area contributed by atoms with Gasteiger partial charge in [-0.05, 0) is 31.0 Å². The van der Waals surface area contributed by atoms with Gasteiger partial charge in [-0.3, -0.25) is 9.59 Å². The first-order valence-electron chi connectivity index (χ1n) is 8.06. The summed E-state index contributed by atoms with van der Waals surface area (Å²) in [4.78, 5) is 24.9. The number of rotatable bonds is 2. The third-order valence-corrected chi connectivity index (χ3v) is 5.18. The van der Waals surface area contributed by atoms with E-state index >= 15 is 0 Å². The Balaban J connectivity index is 0.00000169. The van der Waals surface area contributed by atoms with E-state index in [1.807, 2.05) is 6.07 Å². The van der Waals surface area contributed by atoms with E-state index in [0.717, 1.165) is 25.2 Å². The Hall–Kier alpha value is -1.47. The summed E-state index contributed by atoms with van der Waals surface area (Å²) in [5, 5.41) is 5.91. The van der Waals surface area contributed by atoms with Crippen molar-refractivity contribution in [1.29, 1.82) is 0 Å². The number of nitrogens with one attached hydrogen (secondary N) is 2. The van der Waals surface area contributed by atoms with E-state index in [0.29, 0.717) is 18.4 Å². The van der Waals surface area contributed by atoms with Crippen LogP contribution in [0.4, 0.5) is 8.78 Å². The van der Waals surface area contributed by atoms with Crippen LogP contribution in [0.15, 0.2) is 16.9 Å². The standard InChI is InChI=1S/C16H19F2N3O2.ClH/c17-16(18)4-11(5-16)20-14(22)12-1-2-13-10-3-9(6-19-7-10)8-21(13)15(12)23;/h1-2,9-11,19H,3-8H2,(H,20,22);1H/t9-,10+;/m0./s1. The van der Waals surface area contributed by atoms with Gasteiger partial charge in [-0.1, -0.05) is 0 Å². The summed E-state index contributed by atoms with van der Waals surface area (Å²) in [5.74, 6) is -2.52. The Morgan fingerprint density at radius 1 is 1.29 bits per heavy atom. The number of carbonyl (C=O) groups is 1. The molecule has 1 aromatic heterocycles. The molecule has 1 saturated carbocycles. The zero-order valence-corrected chi connectivity index (χ0v) is 13.9. The van der Waals surface area contributed by atoms with E-state index in [1.54, 1.807) is 4.57 Å². The molecule has 1 aliphatic carbocycles. The quantitative estimate of drug-likeness (QED) is 0.841. The molecule has 0 aromatic carbocycles. The highest BCUT2D eigenvalue weighted by Gasteiger charge is 2.46. The first-order chi connectivity index (χ1) is 10.9. The third kappa shape index (κ3) is 2.95. The lowest BCUT2D eigenvalue weighted by molar-refractivity contribution is -0.0901. The van der Waals surface area contributed by atoms with E-state index in [9.17, 15) is 18.4 Å². The maximum absolute atomic E-state index is 12.9. The summed E-state index contributed by atoms with van der Waals surface area (Å²) in [5.41, 5.74) is 0.713. The molecule has 2 fully saturated rings. The van der Waals surface area contributed by atoms with Gasteiger partial charge >= 0.3 is 0 Å². The molecule has 1 amide bonds. The molecule has 5 nitrogen and oxygen atoms in total. The Kier molecular flexibility index (Phi) is 4.42. The van der Waals surface area contributed by atoms with Crippen molar-refractivity contribution in [2.75, 3.05) is 13.1 Å². The van der Waals surface area contributed by atoms with Gasteiger partial charge in [-0.15, -0.1) is 12.4 Å². The number of carbonyl (C=O) groups excluding carboxylic acids is 1. The minimum absolute atomic E-state index is 0. The molecule has 4 rings (SSSR count). The van der Waals surface area contributed by atoms with Crippen molar-refractivity contribution in [3.8, 4) is 0 Å². The van der Waals surface area contributed by atoms with Gasteiger partial charge in [0.05, 0.1) is 0 Å². The summed E-state index contributed by atoms with van der Waals surface area (Å²) >= 11 is 0. The number of hydrogen-bond donors (Lipinski definition) is 2. The number of alkyl halides is 2. The van der Waals surface area contributed by atoms with Crippen molar-refractivity contribution in [1.82, 2.24) is 15.2 Å². The number of halogens is 3. The van der Waals surface area contributed by atoms with Crippen molar-refractivity contribution in [2.45, 2.75) is 43.7 Å². The van der Waals surface area contributed by atoms with Crippen LogP contribution >= 0.6 is 12.4 Å². The highest BCUT2D eigenvalue weighted by atomic mass is 35.5. The molecule has 132 valence electrons. The topological polar surface area (TPSA) is 63.1 Å². The molecule has 2 bridgehead atoms. The van der Waals surface area contributed by atoms with Crippen LogP contribution in [-0.4, -0.2) is 35.5 Å². The minimum atomic E-state index is -2.69. The normalized spacial score (nSPS) is 27.4.